The Kier molecular flexibility index (Phi) is 5.81. The van der Waals surface area contributed by atoms with E-state index >= 15 is 0 Å². The number of ether oxygens (including phenoxy) is 3. The number of anilines is 2. The molecule has 3 aromatic carbocycles. The van der Waals surface area contributed by atoms with Gasteiger partial charge in [0.1, 0.15) is 11.4 Å². The van der Waals surface area contributed by atoms with Crippen LogP contribution >= 0.6 is 0 Å². The summed E-state index contributed by atoms with van der Waals surface area (Å²) in [6.07, 6.45) is 0. The maximum absolute atomic E-state index is 13.5. The van der Waals surface area contributed by atoms with Crippen molar-refractivity contribution in [2.24, 2.45) is 0 Å². The maximum atomic E-state index is 13.5. The molecule has 0 spiro atoms. The molecular formula is C25H22N2O5. The van der Waals surface area contributed by atoms with Crippen molar-refractivity contribution in [2.75, 3.05) is 31.5 Å². The van der Waals surface area contributed by atoms with Gasteiger partial charge in [-0.05, 0) is 42.0 Å². The van der Waals surface area contributed by atoms with Crippen LogP contribution in [0.4, 0.5) is 11.4 Å². The zero-order valence-electron chi connectivity index (χ0n) is 17.9. The highest BCUT2D eigenvalue weighted by Crippen LogP contribution is 2.37. The molecule has 0 bridgehead atoms. The molecule has 1 aliphatic heterocycles. The van der Waals surface area contributed by atoms with Gasteiger partial charge in [-0.1, -0.05) is 30.3 Å². The van der Waals surface area contributed by atoms with Crippen molar-refractivity contribution in [2.45, 2.75) is 0 Å². The number of nitrogens with zero attached hydrogens (tertiary/aromatic N) is 1. The van der Waals surface area contributed by atoms with Gasteiger partial charge in [0.2, 0.25) is 0 Å². The summed E-state index contributed by atoms with van der Waals surface area (Å²) >= 11 is 0. The van der Waals surface area contributed by atoms with E-state index in [4.69, 9.17) is 14.2 Å². The maximum Gasteiger partial charge on any atom is 0.282 e. The van der Waals surface area contributed by atoms with Gasteiger partial charge in [0, 0.05) is 11.8 Å². The van der Waals surface area contributed by atoms with Crippen LogP contribution in [0.3, 0.4) is 0 Å². The third kappa shape index (κ3) is 3.76. The standard InChI is InChI=1S/C25H22N2O5/c1-30-19-11-7-8-17(15-19)26-23-22(16-12-13-20(31-2)21(14-16)32-3)24(28)27(25(23)29)18-9-5-4-6-10-18/h4-15,26H,1-3H3. The Hall–Kier alpha value is -4.26. The molecule has 0 saturated carbocycles. The van der Waals surface area contributed by atoms with Gasteiger partial charge in [-0.15, -0.1) is 0 Å². The van der Waals surface area contributed by atoms with Crippen molar-refractivity contribution in [3.63, 3.8) is 0 Å². The molecule has 3 aromatic rings. The van der Waals surface area contributed by atoms with Gasteiger partial charge in [0.25, 0.3) is 11.8 Å². The molecule has 0 saturated heterocycles. The summed E-state index contributed by atoms with van der Waals surface area (Å²) in [4.78, 5) is 28.1. The second kappa shape index (κ2) is 8.85. The van der Waals surface area contributed by atoms with Crippen LogP contribution in [0.5, 0.6) is 17.2 Å². The largest absolute Gasteiger partial charge is 0.497 e. The first kappa shape index (κ1) is 21.0. The lowest BCUT2D eigenvalue weighted by atomic mass is 10.0. The fourth-order valence-electron chi connectivity index (χ4n) is 3.56. The first-order valence-electron chi connectivity index (χ1n) is 9.89. The van der Waals surface area contributed by atoms with Crippen LogP contribution in [-0.4, -0.2) is 33.1 Å². The topological polar surface area (TPSA) is 77.1 Å². The molecule has 1 N–H and O–H groups in total. The molecule has 7 heteroatoms. The van der Waals surface area contributed by atoms with Gasteiger partial charge in [-0.3, -0.25) is 9.59 Å². The molecule has 0 unspecified atom stereocenters. The highest BCUT2D eigenvalue weighted by molar-refractivity contribution is 6.46. The van der Waals surface area contributed by atoms with Crippen LogP contribution in [0.2, 0.25) is 0 Å². The Morgan fingerprint density at radius 3 is 2.16 bits per heavy atom. The van der Waals surface area contributed by atoms with Crippen LogP contribution in [0.25, 0.3) is 5.57 Å². The lowest BCUT2D eigenvalue weighted by Gasteiger charge is -2.15. The number of carbonyl (C=O) groups is 2. The third-order valence-electron chi connectivity index (χ3n) is 5.11. The molecule has 32 heavy (non-hydrogen) atoms. The van der Waals surface area contributed by atoms with Crippen molar-refractivity contribution in [1.29, 1.82) is 0 Å². The normalized spacial score (nSPS) is 13.4. The van der Waals surface area contributed by atoms with Gasteiger partial charge >= 0.3 is 0 Å². The average molecular weight is 430 g/mol. The van der Waals surface area contributed by atoms with Crippen molar-refractivity contribution < 1.29 is 23.8 Å². The Balaban J connectivity index is 1.85. The third-order valence-corrected chi connectivity index (χ3v) is 5.11. The number of para-hydroxylation sites is 1. The van der Waals surface area contributed by atoms with E-state index in [9.17, 15) is 9.59 Å². The predicted molar refractivity (Wildman–Crippen MR) is 122 cm³/mol. The summed E-state index contributed by atoms with van der Waals surface area (Å²) in [5, 5.41) is 3.13. The van der Waals surface area contributed by atoms with E-state index < -0.39 is 11.8 Å². The number of amides is 2. The van der Waals surface area contributed by atoms with Crippen molar-refractivity contribution in [1.82, 2.24) is 0 Å². The van der Waals surface area contributed by atoms with E-state index in [1.165, 1.54) is 14.2 Å². The molecule has 2 amide bonds. The van der Waals surface area contributed by atoms with Gasteiger partial charge in [-0.25, -0.2) is 4.90 Å². The van der Waals surface area contributed by atoms with Crippen LogP contribution in [0, 0.1) is 0 Å². The number of rotatable bonds is 7. The second-order valence-corrected chi connectivity index (χ2v) is 6.96. The molecule has 1 heterocycles. The molecular weight excluding hydrogens is 408 g/mol. The molecule has 1 aliphatic rings. The summed E-state index contributed by atoms with van der Waals surface area (Å²) in [5.74, 6) is 0.722. The predicted octanol–water partition coefficient (Wildman–Crippen LogP) is 4.11. The van der Waals surface area contributed by atoms with Crippen molar-refractivity contribution in [3.8, 4) is 17.2 Å². The number of methoxy groups -OCH3 is 3. The number of nitrogens with one attached hydrogen (secondary N) is 1. The van der Waals surface area contributed by atoms with Gasteiger partial charge < -0.3 is 19.5 Å². The molecule has 0 atom stereocenters. The lowest BCUT2D eigenvalue weighted by Crippen LogP contribution is -2.32. The molecule has 0 aromatic heterocycles. The first-order chi connectivity index (χ1) is 15.6. The van der Waals surface area contributed by atoms with Crippen LogP contribution in [0.15, 0.2) is 78.5 Å². The minimum atomic E-state index is -0.450. The quantitative estimate of drug-likeness (QED) is 0.569. The van der Waals surface area contributed by atoms with Crippen molar-refractivity contribution >= 4 is 28.8 Å². The lowest BCUT2D eigenvalue weighted by molar-refractivity contribution is -0.120. The summed E-state index contributed by atoms with van der Waals surface area (Å²) in [5.41, 5.74) is 2.04. The van der Waals surface area contributed by atoms with Crippen LogP contribution in [-0.2, 0) is 9.59 Å². The summed E-state index contributed by atoms with van der Waals surface area (Å²) < 4.78 is 16.0. The van der Waals surface area contributed by atoms with Crippen LogP contribution < -0.4 is 24.4 Å². The Morgan fingerprint density at radius 1 is 0.719 bits per heavy atom. The fraction of sp³-hybridized carbons (Fsp3) is 0.120. The Bertz CT molecular complexity index is 1200. The van der Waals surface area contributed by atoms with E-state index in [-0.39, 0.29) is 11.3 Å². The number of hydrogen-bond donors (Lipinski definition) is 1. The molecule has 0 aliphatic carbocycles. The summed E-state index contributed by atoms with van der Waals surface area (Å²) in [7, 11) is 4.62. The first-order valence-corrected chi connectivity index (χ1v) is 9.89. The van der Waals surface area contributed by atoms with E-state index in [1.807, 2.05) is 6.07 Å². The number of benzene rings is 3. The molecule has 7 nitrogen and oxygen atoms in total. The number of imide groups is 1. The molecule has 0 fully saturated rings. The van der Waals surface area contributed by atoms with E-state index in [1.54, 1.807) is 73.8 Å². The zero-order valence-corrected chi connectivity index (χ0v) is 17.9. The minimum absolute atomic E-state index is 0.166. The highest BCUT2D eigenvalue weighted by atomic mass is 16.5. The molecule has 162 valence electrons. The average Bonchev–Trinajstić information content (AvgIpc) is 3.08. The second-order valence-electron chi connectivity index (χ2n) is 6.96. The van der Waals surface area contributed by atoms with Crippen molar-refractivity contribution in [3.05, 3.63) is 84.1 Å². The zero-order chi connectivity index (χ0) is 22.7. The monoisotopic (exact) mass is 430 g/mol. The summed E-state index contributed by atoms with van der Waals surface area (Å²) in [6, 6.07) is 21.1. The Morgan fingerprint density at radius 2 is 1.47 bits per heavy atom. The van der Waals surface area contributed by atoms with E-state index in [2.05, 4.69) is 5.32 Å². The summed E-state index contributed by atoms with van der Waals surface area (Å²) in [6.45, 7) is 0. The highest BCUT2D eigenvalue weighted by Gasteiger charge is 2.40. The van der Waals surface area contributed by atoms with Gasteiger partial charge in [0.15, 0.2) is 11.5 Å². The fourth-order valence-corrected chi connectivity index (χ4v) is 3.56. The van der Waals surface area contributed by atoms with E-state index in [0.29, 0.717) is 34.2 Å². The molecule has 0 radical (unpaired) electrons. The minimum Gasteiger partial charge on any atom is -0.497 e. The van der Waals surface area contributed by atoms with E-state index in [0.717, 1.165) is 4.90 Å². The molecule has 4 rings (SSSR count). The number of hydrogen-bond acceptors (Lipinski definition) is 6. The SMILES string of the molecule is COc1cccc(NC2=C(c3ccc(OC)c(OC)c3)C(=O)N(c3ccccc3)C2=O)c1. The number of carbonyl (C=O) groups excluding carboxylic acids is 2. The van der Waals surface area contributed by atoms with Crippen LogP contribution in [0.1, 0.15) is 5.56 Å². The van der Waals surface area contributed by atoms with Gasteiger partial charge in [0.05, 0.1) is 32.6 Å². The smallest absolute Gasteiger partial charge is 0.282 e. The van der Waals surface area contributed by atoms with Gasteiger partial charge in [-0.2, -0.15) is 0 Å². The Labute approximate surface area is 185 Å².